The Morgan fingerprint density at radius 2 is 0.758 bits per heavy atom. The number of carbonyl (C=O) groups is 2. The number of methoxy groups -OCH3 is 2. The van der Waals surface area contributed by atoms with Gasteiger partial charge in [-0.25, -0.2) is 4.79 Å². The number of rotatable bonds is 11. The Morgan fingerprint density at radius 1 is 0.452 bits per heavy atom. The van der Waals surface area contributed by atoms with Crippen molar-refractivity contribution < 1.29 is 33.3 Å². The molecule has 7 nitrogen and oxygen atoms in total. The molecule has 0 unspecified atom stereocenters. The average molecular weight is 839 g/mol. The van der Waals surface area contributed by atoms with Crippen molar-refractivity contribution in [2.75, 3.05) is 14.2 Å². The molecule has 5 aromatic rings. The second-order valence-corrected chi connectivity index (χ2v) is 19.0. The zero-order chi connectivity index (χ0) is 44.4. The lowest BCUT2D eigenvalue weighted by molar-refractivity contribution is -0.131. The zero-order valence-corrected chi connectivity index (χ0v) is 38.2. The number of ether oxygens (including phenoxy) is 5. The number of hydrogen-bond donors (Lipinski definition) is 0. The first-order chi connectivity index (χ1) is 29.6. The van der Waals surface area contributed by atoms with Crippen LogP contribution in [0.1, 0.15) is 140 Å². The lowest BCUT2D eigenvalue weighted by Gasteiger charge is -2.38. The van der Waals surface area contributed by atoms with Gasteiger partial charge in [0.25, 0.3) is 0 Å². The van der Waals surface area contributed by atoms with E-state index in [4.69, 9.17) is 23.7 Å². The fraction of sp³-hybridized carbons (Fsp3) is 0.418. The summed E-state index contributed by atoms with van der Waals surface area (Å²) < 4.78 is 26.8. The first kappa shape index (κ1) is 46.0. The molecule has 0 bridgehead atoms. The van der Waals surface area contributed by atoms with Crippen LogP contribution in [0.25, 0.3) is 0 Å². The Labute approximate surface area is 370 Å². The minimum Gasteiger partial charge on any atom is -0.497 e. The molecule has 0 aromatic heterocycles. The summed E-state index contributed by atoms with van der Waals surface area (Å²) >= 11 is 0. The molecule has 2 aliphatic carbocycles. The standard InChI is InChI=1S/C35H42O5.C20H24O2/c1-25(36)38-29-18-12-27(13-19-29)35(22-8-7-9-23-35)28-14-20-31(21-15-28)40-32(37)39-30-16-10-26(11-17-30)34(5,6)24-33(2,3)4;1-21-18-10-6-16(7-11-18)20(14-4-3-5-15-20)17-8-12-19(22-2)13-9-17/h10-21H,7-9,22-24H2,1-6H3;6-13H,3-5,14-15H2,1-2H3. The lowest BCUT2D eigenvalue weighted by Crippen LogP contribution is -2.30. The maximum absolute atomic E-state index is 12.6. The monoisotopic (exact) mass is 838 g/mol. The highest BCUT2D eigenvalue weighted by Gasteiger charge is 2.37. The first-order valence-corrected chi connectivity index (χ1v) is 22.3. The number of benzene rings is 5. The SMILES string of the molecule is CC(=O)Oc1ccc(C2(c3ccc(OC(=O)Oc4ccc(C(C)(C)CC(C)(C)C)cc4)cc3)CCCCC2)cc1.COc1ccc(C2(c3ccc(OC)cc3)CCCCC2)cc1. The number of carbonyl (C=O) groups excluding carboxylic acids is 2. The van der Waals surface area contributed by atoms with Gasteiger partial charge in [0.1, 0.15) is 28.7 Å². The molecule has 7 heteroatoms. The van der Waals surface area contributed by atoms with E-state index < -0.39 is 6.16 Å². The van der Waals surface area contributed by atoms with Crippen molar-refractivity contribution in [2.24, 2.45) is 5.41 Å². The van der Waals surface area contributed by atoms with Gasteiger partial charge in [-0.15, -0.1) is 0 Å². The van der Waals surface area contributed by atoms with Crippen molar-refractivity contribution in [1.82, 2.24) is 0 Å². The zero-order valence-electron chi connectivity index (χ0n) is 38.2. The quantitative estimate of drug-likeness (QED) is 0.0744. The Kier molecular flexibility index (Phi) is 14.9. The second-order valence-electron chi connectivity index (χ2n) is 19.0. The molecule has 0 aliphatic heterocycles. The molecule has 328 valence electrons. The lowest BCUT2D eigenvalue weighted by atomic mass is 9.65. The fourth-order valence-electron chi connectivity index (χ4n) is 10.1. The van der Waals surface area contributed by atoms with E-state index in [9.17, 15) is 9.59 Å². The largest absolute Gasteiger partial charge is 0.519 e. The molecule has 0 amide bonds. The van der Waals surface area contributed by atoms with Crippen LogP contribution in [0.5, 0.6) is 28.7 Å². The Hall–Kier alpha value is -5.56. The highest BCUT2D eigenvalue weighted by atomic mass is 16.7. The van der Waals surface area contributed by atoms with E-state index in [2.05, 4.69) is 95.3 Å². The van der Waals surface area contributed by atoms with Crippen LogP contribution in [-0.4, -0.2) is 26.3 Å². The predicted molar refractivity (Wildman–Crippen MR) is 248 cm³/mol. The van der Waals surface area contributed by atoms with Gasteiger partial charge in [0, 0.05) is 17.8 Å². The van der Waals surface area contributed by atoms with Gasteiger partial charge in [-0.05, 0) is 131 Å². The third-order valence-corrected chi connectivity index (χ3v) is 12.8. The number of esters is 1. The van der Waals surface area contributed by atoms with Crippen molar-refractivity contribution >= 4 is 12.1 Å². The van der Waals surface area contributed by atoms with Gasteiger partial charge >= 0.3 is 12.1 Å². The summed E-state index contributed by atoms with van der Waals surface area (Å²) in [7, 11) is 3.43. The predicted octanol–water partition coefficient (Wildman–Crippen LogP) is 14.1. The van der Waals surface area contributed by atoms with E-state index in [-0.39, 0.29) is 27.6 Å². The molecule has 0 radical (unpaired) electrons. The normalized spacial score (nSPS) is 15.9. The van der Waals surface area contributed by atoms with Gasteiger partial charge in [-0.1, -0.05) is 134 Å². The van der Waals surface area contributed by atoms with E-state index in [1.54, 1.807) is 14.2 Å². The van der Waals surface area contributed by atoms with Gasteiger partial charge in [0.05, 0.1) is 14.2 Å². The van der Waals surface area contributed by atoms with Crippen LogP contribution >= 0.6 is 0 Å². The summed E-state index contributed by atoms with van der Waals surface area (Å²) in [4.78, 5) is 23.9. The van der Waals surface area contributed by atoms with Gasteiger partial charge in [-0.2, -0.15) is 0 Å². The van der Waals surface area contributed by atoms with Crippen LogP contribution in [-0.2, 0) is 21.0 Å². The fourth-order valence-corrected chi connectivity index (χ4v) is 10.1. The molecule has 2 saturated carbocycles. The molecule has 2 aliphatic rings. The highest BCUT2D eigenvalue weighted by Crippen LogP contribution is 2.47. The summed E-state index contributed by atoms with van der Waals surface area (Å²) in [6.45, 7) is 12.6. The highest BCUT2D eigenvalue weighted by molar-refractivity contribution is 5.69. The van der Waals surface area contributed by atoms with E-state index >= 15 is 0 Å². The Morgan fingerprint density at radius 3 is 1.06 bits per heavy atom. The summed E-state index contributed by atoms with van der Waals surface area (Å²) in [5.41, 5.74) is 6.62. The summed E-state index contributed by atoms with van der Waals surface area (Å²) in [6.07, 6.45) is 12.2. The van der Waals surface area contributed by atoms with Crippen molar-refractivity contribution in [3.63, 3.8) is 0 Å². The van der Waals surface area contributed by atoms with Crippen LogP contribution in [0.15, 0.2) is 121 Å². The van der Waals surface area contributed by atoms with Crippen LogP contribution in [0, 0.1) is 5.41 Å². The smallest absolute Gasteiger partial charge is 0.497 e. The molecule has 62 heavy (non-hydrogen) atoms. The minimum atomic E-state index is -0.761. The van der Waals surface area contributed by atoms with Crippen LogP contribution in [0.4, 0.5) is 4.79 Å². The van der Waals surface area contributed by atoms with Crippen molar-refractivity contribution in [2.45, 2.75) is 128 Å². The van der Waals surface area contributed by atoms with Crippen molar-refractivity contribution in [3.8, 4) is 28.7 Å². The number of hydrogen-bond acceptors (Lipinski definition) is 7. The Balaban J connectivity index is 0.000000245. The third-order valence-electron chi connectivity index (χ3n) is 12.8. The molecule has 2 fully saturated rings. The van der Waals surface area contributed by atoms with E-state index in [1.165, 1.54) is 73.3 Å². The van der Waals surface area contributed by atoms with Gasteiger partial charge < -0.3 is 23.7 Å². The summed E-state index contributed by atoms with van der Waals surface area (Å²) in [6, 6.07) is 40.5. The Bertz CT molecular complexity index is 2130. The van der Waals surface area contributed by atoms with E-state index in [0.717, 1.165) is 43.6 Å². The molecule has 7 rings (SSSR count). The van der Waals surface area contributed by atoms with Gasteiger partial charge in [-0.3, -0.25) is 4.79 Å². The maximum atomic E-state index is 12.6. The topological polar surface area (TPSA) is 80.3 Å². The summed E-state index contributed by atoms with van der Waals surface area (Å²) in [5.74, 6) is 2.95. The summed E-state index contributed by atoms with van der Waals surface area (Å²) in [5, 5.41) is 0. The van der Waals surface area contributed by atoms with Gasteiger partial charge in [0.2, 0.25) is 0 Å². The van der Waals surface area contributed by atoms with E-state index in [1.807, 2.05) is 60.7 Å². The average Bonchev–Trinajstić information content (AvgIpc) is 3.27. The molecular formula is C55H66O7. The van der Waals surface area contributed by atoms with Crippen molar-refractivity contribution in [1.29, 1.82) is 0 Å². The molecule has 5 aromatic carbocycles. The second kappa shape index (κ2) is 20.1. The minimum absolute atomic E-state index is 0.0130. The molecule has 0 atom stereocenters. The van der Waals surface area contributed by atoms with Crippen LogP contribution in [0.3, 0.4) is 0 Å². The molecular weight excluding hydrogens is 773 g/mol. The van der Waals surface area contributed by atoms with Crippen LogP contribution < -0.4 is 23.7 Å². The molecule has 0 N–H and O–H groups in total. The molecule has 0 spiro atoms. The molecule has 0 saturated heterocycles. The first-order valence-electron chi connectivity index (χ1n) is 22.3. The van der Waals surface area contributed by atoms with Gasteiger partial charge in [0.15, 0.2) is 0 Å². The van der Waals surface area contributed by atoms with E-state index in [0.29, 0.717) is 17.2 Å². The van der Waals surface area contributed by atoms with Crippen molar-refractivity contribution in [3.05, 3.63) is 149 Å². The maximum Gasteiger partial charge on any atom is 0.519 e. The third kappa shape index (κ3) is 11.5. The van der Waals surface area contributed by atoms with Crippen LogP contribution in [0.2, 0.25) is 0 Å². The molecule has 0 heterocycles.